The number of aryl methyl sites for hydroxylation is 1. The van der Waals surface area contributed by atoms with E-state index in [1.807, 2.05) is 25.5 Å². The van der Waals surface area contributed by atoms with Crippen molar-refractivity contribution in [2.75, 3.05) is 5.75 Å². The van der Waals surface area contributed by atoms with Crippen LogP contribution in [0.25, 0.3) is 0 Å². The second kappa shape index (κ2) is 5.36. The average molecular weight is 214 g/mol. The van der Waals surface area contributed by atoms with Crippen LogP contribution in [-0.2, 0) is 7.05 Å². The molecular weight excluding hydrogens is 196 g/mol. The summed E-state index contributed by atoms with van der Waals surface area (Å²) in [5.41, 5.74) is 5.66. The van der Waals surface area contributed by atoms with Crippen LogP contribution in [0, 0.1) is 6.92 Å². The van der Waals surface area contributed by atoms with Gasteiger partial charge in [0.2, 0.25) is 0 Å². The number of nitrogens with two attached hydrogens (primary N) is 1. The minimum Gasteiger partial charge on any atom is -0.328 e. The van der Waals surface area contributed by atoms with Crippen molar-refractivity contribution in [3.8, 4) is 0 Å². The Kier molecular flexibility index (Phi) is 4.41. The molecule has 0 fully saturated rings. The Balaban J connectivity index is 2.28. The summed E-state index contributed by atoms with van der Waals surface area (Å²) in [5, 5.41) is 9.07. The molecule has 14 heavy (non-hydrogen) atoms. The third-order valence-electron chi connectivity index (χ3n) is 2.09. The molecule has 1 rings (SSSR count). The van der Waals surface area contributed by atoms with Gasteiger partial charge in [0.05, 0.1) is 0 Å². The molecule has 4 nitrogen and oxygen atoms in total. The number of nitrogens with zero attached hydrogens (tertiary/aromatic N) is 3. The number of thioether (sulfide) groups is 1. The van der Waals surface area contributed by atoms with Crippen LogP contribution in [0.3, 0.4) is 0 Å². The van der Waals surface area contributed by atoms with E-state index >= 15 is 0 Å². The standard InChI is InChI=1S/C9H18N4S/c1-7(10)5-4-6-14-9-12-11-8(2)13(9)3/h7H,4-6,10H2,1-3H3. The molecule has 0 aromatic carbocycles. The van der Waals surface area contributed by atoms with Gasteiger partial charge in [0, 0.05) is 18.8 Å². The summed E-state index contributed by atoms with van der Waals surface area (Å²) in [6.07, 6.45) is 2.21. The fourth-order valence-corrected chi connectivity index (χ4v) is 2.00. The lowest BCUT2D eigenvalue weighted by Gasteiger charge is -2.04. The van der Waals surface area contributed by atoms with Gasteiger partial charge in [-0.15, -0.1) is 10.2 Å². The predicted octanol–water partition coefficient (Wildman–Crippen LogP) is 1.34. The molecule has 0 amide bonds. The van der Waals surface area contributed by atoms with E-state index in [0.717, 1.165) is 29.6 Å². The molecule has 2 N–H and O–H groups in total. The Bertz CT molecular complexity index is 282. The van der Waals surface area contributed by atoms with Gasteiger partial charge in [-0.05, 0) is 26.7 Å². The fourth-order valence-electron chi connectivity index (χ4n) is 1.08. The molecule has 0 spiro atoms. The molecule has 0 bridgehead atoms. The summed E-state index contributed by atoms with van der Waals surface area (Å²) in [5.74, 6) is 2.02. The van der Waals surface area contributed by atoms with Crippen molar-refractivity contribution in [1.29, 1.82) is 0 Å². The molecule has 80 valence electrons. The van der Waals surface area contributed by atoms with Crippen LogP contribution in [0.15, 0.2) is 5.16 Å². The van der Waals surface area contributed by atoms with E-state index in [0.29, 0.717) is 6.04 Å². The number of hydrogen-bond donors (Lipinski definition) is 1. The molecule has 1 unspecified atom stereocenters. The molecule has 1 aromatic heterocycles. The van der Waals surface area contributed by atoms with Crippen LogP contribution in [0.4, 0.5) is 0 Å². The van der Waals surface area contributed by atoms with E-state index in [4.69, 9.17) is 5.73 Å². The van der Waals surface area contributed by atoms with Crippen molar-refractivity contribution in [3.05, 3.63) is 5.82 Å². The van der Waals surface area contributed by atoms with Crippen LogP contribution < -0.4 is 5.73 Å². The van der Waals surface area contributed by atoms with Gasteiger partial charge in [-0.2, -0.15) is 0 Å². The Morgan fingerprint density at radius 1 is 1.50 bits per heavy atom. The largest absolute Gasteiger partial charge is 0.328 e. The van der Waals surface area contributed by atoms with Gasteiger partial charge in [-0.25, -0.2) is 0 Å². The second-order valence-corrected chi connectivity index (χ2v) is 4.62. The quantitative estimate of drug-likeness (QED) is 0.593. The molecule has 5 heteroatoms. The summed E-state index contributed by atoms with van der Waals surface area (Å²) in [4.78, 5) is 0. The zero-order valence-corrected chi connectivity index (χ0v) is 9.84. The maximum Gasteiger partial charge on any atom is 0.190 e. The van der Waals surface area contributed by atoms with Gasteiger partial charge in [0.25, 0.3) is 0 Å². The zero-order chi connectivity index (χ0) is 10.6. The third kappa shape index (κ3) is 3.31. The first-order chi connectivity index (χ1) is 6.61. The Hall–Kier alpha value is -0.550. The van der Waals surface area contributed by atoms with Gasteiger partial charge < -0.3 is 10.3 Å². The van der Waals surface area contributed by atoms with E-state index in [1.54, 1.807) is 11.8 Å². The Morgan fingerprint density at radius 3 is 2.71 bits per heavy atom. The fraction of sp³-hybridized carbons (Fsp3) is 0.778. The molecular formula is C9H18N4S. The number of hydrogen-bond acceptors (Lipinski definition) is 4. The highest BCUT2D eigenvalue weighted by atomic mass is 32.2. The summed E-state index contributed by atoms with van der Waals surface area (Å²) < 4.78 is 2.01. The maximum atomic E-state index is 5.66. The molecule has 1 atom stereocenters. The van der Waals surface area contributed by atoms with E-state index in [-0.39, 0.29) is 0 Å². The lowest BCUT2D eigenvalue weighted by molar-refractivity contribution is 0.655. The SMILES string of the molecule is Cc1nnc(SCCCC(C)N)n1C. The van der Waals surface area contributed by atoms with Crippen LogP contribution in [0.1, 0.15) is 25.6 Å². The summed E-state index contributed by atoms with van der Waals surface area (Å²) >= 11 is 1.74. The second-order valence-electron chi connectivity index (χ2n) is 3.56. The van der Waals surface area contributed by atoms with Crippen LogP contribution in [0.2, 0.25) is 0 Å². The first-order valence-corrected chi connectivity index (χ1v) is 5.84. The van der Waals surface area contributed by atoms with Gasteiger partial charge >= 0.3 is 0 Å². The van der Waals surface area contributed by atoms with E-state index < -0.39 is 0 Å². The monoisotopic (exact) mass is 214 g/mol. The van der Waals surface area contributed by atoms with E-state index in [1.165, 1.54) is 0 Å². The van der Waals surface area contributed by atoms with E-state index in [9.17, 15) is 0 Å². The molecule has 0 saturated carbocycles. The normalized spacial score (nSPS) is 13.1. The maximum absolute atomic E-state index is 5.66. The van der Waals surface area contributed by atoms with Crippen molar-refractivity contribution < 1.29 is 0 Å². The van der Waals surface area contributed by atoms with Crippen LogP contribution in [-0.4, -0.2) is 26.6 Å². The molecule has 1 aromatic rings. The summed E-state index contributed by atoms with van der Waals surface area (Å²) in [6, 6.07) is 0.303. The molecule has 0 aliphatic rings. The topological polar surface area (TPSA) is 56.7 Å². The lowest BCUT2D eigenvalue weighted by Crippen LogP contribution is -2.14. The molecule has 0 saturated heterocycles. The number of rotatable bonds is 5. The molecule has 1 heterocycles. The van der Waals surface area contributed by atoms with Crippen molar-refractivity contribution in [1.82, 2.24) is 14.8 Å². The lowest BCUT2D eigenvalue weighted by atomic mass is 10.2. The van der Waals surface area contributed by atoms with Crippen molar-refractivity contribution in [2.24, 2.45) is 12.8 Å². The predicted molar refractivity (Wildman–Crippen MR) is 59.3 cm³/mol. The van der Waals surface area contributed by atoms with Crippen molar-refractivity contribution in [2.45, 2.75) is 37.9 Å². The van der Waals surface area contributed by atoms with Crippen LogP contribution >= 0.6 is 11.8 Å². The van der Waals surface area contributed by atoms with Gasteiger partial charge in [-0.3, -0.25) is 0 Å². The minimum atomic E-state index is 0.303. The van der Waals surface area contributed by atoms with Crippen LogP contribution in [0.5, 0.6) is 0 Å². The van der Waals surface area contributed by atoms with Crippen molar-refractivity contribution in [3.63, 3.8) is 0 Å². The first-order valence-electron chi connectivity index (χ1n) is 4.85. The van der Waals surface area contributed by atoms with Gasteiger partial charge in [0.1, 0.15) is 5.82 Å². The minimum absolute atomic E-state index is 0.303. The zero-order valence-electron chi connectivity index (χ0n) is 9.03. The highest BCUT2D eigenvalue weighted by Gasteiger charge is 2.04. The average Bonchev–Trinajstić information content (AvgIpc) is 2.43. The highest BCUT2D eigenvalue weighted by Crippen LogP contribution is 2.16. The summed E-state index contributed by atoms with van der Waals surface area (Å²) in [7, 11) is 1.99. The molecule has 0 radical (unpaired) electrons. The third-order valence-corrected chi connectivity index (χ3v) is 3.19. The van der Waals surface area contributed by atoms with Crippen molar-refractivity contribution >= 4 is 11.8 Å². The smallest absolute Gasteiger partial charge is 0.190 e. The molecule has 0 aliphatic heterocycles. The molecule has 0 aliphatic carbocycles. The van der Waals surface area contributed by atoms with E-state index in [2.05, 4.69) is 10.2 Å². The Morgan fingerprint density at radius 2 is 2.21 bits per heavy atom. The highest BCUT2D eigenvalue weighted by molar-refractivity contribution is 7.99. The number of aromatic nitrogens is 3. The van der Waals surface area contributed by atoms with Gasteiger partial charge in [-0.1, -0.05) is 11.8 Å². The summed E-state index contributed by atoms with van der Waals surface area (Å²) in [6.45, 7) is 4.00. The Labute approximate surface area is 89.3 Å². The van der Waals surface area contributed by atoms with Gasteiger partial charge in [0.15, 0.2) is 5.16 Å². The first kappa shape index (κ1) is 11.5.